The molecule has 1 heterocycles. The lowest BCUT2D eigenvalue weighted by Gasteiger charge is -2.35. The summed E-state index contributed by atoms with van der Waals surface area (Å²) in [6, 6.07) is -0.0218. The zero-order valence-electron chi connectivity index (χ0n) is 12.8. The zero-order valence-corrected chi connectivity index (χ0v) is 12.8. The first-order valence-corrected chi connectivity index (χ1v) is 7.52. The fourth-order valence-corrected chi connectivity index (χ4v) is 3.66. The van der Waals surface area contributed by atoms with E-state index in [-0.39, 0.29) is 17.8 Å². The van der Waals surface area contributed by atoms with E-state index in [2.05, 4.69) is 5.16 Å². The van der Waals surface area contributed by atoms with Crippen molar-refractivity contribution in [3.63, 3.8) is 0 Å². The number of oxime groups is 1. The molecule has 7 nitrogen and oxygen atoms in total. The maximum Gasteiger partial charge on any atom is 0.236 e. The predicted octanol–water partition coefficient (Wildman–Crippen LogP) is -0.183. The zero-order chi connectivity index (χ0) is 15.6. The Bertz CT molecular complexity index is 418. The van der Waals surface area contributed by atoms with Crippen molar-refractivity contribution in [3.8, 4) is 0 Å². The van der Waals surface area contributed by atoms with Crippen molar-refractivity contribution in [1.29, 1.82) is 0 Å². The Kier molecular flexibility index (Phi) is 4.73. The maximum atomic E-state index is 13.0. The Balaban J connectivity index is 2.23. The number of amidine groups is 1. The fraction of sp³-hybridized carbons (Fsp3) is 0.857. The van der Waals surface area contributed by atoms with Gasteiger partial charge in [-0.05, 0) is 33.4 Å². The van der Waals surface area contributed by atoms with Crippen LogP contribution in [0, 0.1) is 5.41 Å². The maximum absolute atomic E-state index is 13.0. The van der Waals surface area contributed by atoms with E-state index < -0.39 is 11.5 Å². The molecule has 2 aliphatic rings. The summed E-state index contributed by atoms with van der Waals surface area (Å²) < 4.78 is 0. The highest BCUT2D eigenvalue weighted by atomic mass is 16.4. The molecular formula is C14H26N4O3. The largest absolute Gasteiger partial charge is 0.409 e. The van der Waals surface area contributed by atoms with Gasteiger partial charge in [0.2, 0.25) is 5.91 Å². The Morgan fingerprint density at radius 2 is 2.05 bits per heavy atom. The molecule has 0 spiro atoms. The quantitative estimate of drug-likeness (QED) is 0.289. The van der Waals surface area contributed by atoms with Crippen LogP contribution in [0.1, 0.15) is 32.1 Å². The van der Waals surface area contributed by atoms with Crippen LogP contribution in [-0.2, 0) is 4.79 Å². The first-order chi connectivity index (χ1) is 9.90. The van der Waals surface area contributed by atoms with Crippen LogP contribution in [0.2, 0.25) is 0 Å². The normalized spacial score (nSPS) is 29.3. The molecule has 2 atom stereocenters. The van der Waals surface area contributed by atoms with Gasteiger partial charge in [-0.15, -0.1) is 0 Å². The number of likely N-dealkylation sites (tertiary alicyclic amines) is 1. The van der Waals surface area contributed by atoms with Crippen molar-refractivity contribution in [1.82, 2.24) is 9.80 Å². The molecule has 1 aliphatic heterocycles. The van der Waals surface area contributed by atoms with Crippen molar-refractivity contribution in [2.75, 3.05) is 27.2 Å². The van der Waals surface area contributed by atoms with E-state index in [1.165, 1.54) is 0 Å². The molecule has 0 radical (unpaired) electrons. The van der Waals surface area contributed by atoms with Crippen molar-refractivity contribution in [3.05, 3.63) is 0 Å². The Morgan fingerprint density at radius 3 is 2.57 bits per heavy atom. The molecule has 7 heteroatoms. The van der Waals surface area contributed by atoms with Crippen LogP contribution in [-0.4, -0.2) is 71.2 Å². The molecule has 0 aromatic rings. The second kappa shape index (κ2) is 6.19. The number of rotatable bonds is 4. The minimum absolute atomic E-state index is 0.00925. The van der Waals surface area contributed by atoms with Crippen LogP contribution in [0.5, 0.6) is 0 Å². The fourth-order valence-electron chi connectivity index (χ4n) is 3.66. The summed E-state index contributed by atoms with van der Waals surface area (Å²) >= 11 is 0. The molecule has 21 heavy (non-hydrogen) atoms. The molecule has 1 amide bonds. The lowest BCUT2D eigenvalue weighted by molar-refractivity contribution is -0.139. The summed E-state index contributed by atoms with van der Waals surface area (Å²) in [5.41, 5.74) is 4.96. The van der Waals surface area contributed by atoms with Gasteiger partial charge in [0.1, 0.15) is 5.41 Å². The van der Waals surface area contributed by atoms with Crippen LogP contribution in [0.3, 0.4) is 0 Å². The molecule has 1 saturated heterocycles. The Hall–Kier alpha value is -1.34. The van der Waals surface area contributed by atoms with Gasteiger partial charge in [-0.25, -0.2) is 0 Å². The van der Waals surface area contributed by atoms with E-state index in [9.17, 15) is 9.90 Å². The number of nitrogens with zero attached hydrogens (tertiary/aromatic N) is 3. The van der Waals surface area contributed by atoms with E-state index in [0.717, 1.165) is 12.8 Å². The van der Waals surface area contributed by atoms with Crippen LogP contribution >= 0.6 is 0 Å². The van der Waals surface area contributed by atoms with E-state index in [1.807, 2.05) is 19.0 Å². The molecule has 2 unspecified atom stereocenters. The average Bonchev–Trinajstić information content (AvgIpc) is 3.04. The molecule has 0 aromatic carbocycles. The second-order valence-electron chi connectivity index (χ2n) is 6.54. The second-order valence-corrected chi connectivity index (χ2v) is 6.54. The smallest absolute Gasteiger partial charge is 0.236 e. The lowest BCUT2D eigenvalue weighted by Crippen LogP contribution is -2.53. The number of hydrogen-bond donors (Lipinski definition) is 3. The number of aliphatic hydroxyl groups is 1. The van der Waals surface area contributed by atoms with Gasteiger partial charge in [-0.3, -0.25) is 4.79 Å². The van der Waals surface area contributed by atoms with E-state index in [0.29, 0.717) is 32.4 Å². The molecule has 0 bridgehead atoms. The Morgan fingerprint density at radius 1 is 1.43 bits per heavy atom. The Labute approximate surface area is 125 Å². The molecule has 1 saturated carbocycles. The molecule has 2 fully saturated rings. The molecule has 2 rings (SSSR count). The first-order valence-electron chi connectivity index (χ1n) is 7.52. The minimum Gasteiger partial charge on any atom is -0.409 e. The monoisotopic (exact) mass is 298 g/mol. The summed E-state index contributed by atoms with van der Waals surface area (Å²) in [4.78, 5) is 16.8. The number of hydrogen-bond acceptors (Lipinski definition) is 5. The highest BCUT2D eigenvalue weighted by Crippen LogP contribution is 2.41. The third-order valence-corrected chi connectivity index (χ3v) is 4.69. The minimum atomic E-state index is -0.886. The highest BCUT2D eigenvalue weighted by molar-refractivity contribution is 6.07. The number of β-amino-alcohol motifs (C(OH)–C–C–N with tert-alkyl or cyclic N) is 1. The van der Waals surface area contributed by atoms with Crippen molar-refractivity contribution < 1.29 is 15.1 Å². The van der Waals surface area contributed by atoms with Gasteiger partial charge in [0.25, 0.3) is 0 Å². The summed E-state index contributed by atoms with van der Waals surface area (Å²) in [5, 5.41) is 22.1. The van der Waals surface area contributed by atoms with Crippen LogP contribution < -0.4 is 5.73 Å². The summed E-state index contributed by atoms with van der Waals surface area (Å²) in [5.74, 6) is -0.0892. The number of likely N-dealkylation sites (N-methyl/N-ethyl adjacent to an activating group) is 1. The van der Waals surface area contributed by atoms with Crippen molar-refractivity contribution in [2.24, 2.45) is 16.3 Å². The first kappa shape index (κ1) is 16.0. The van der Waals surface area contributed by atoms with Crippen molar-refractivity contribution >= 4 is 11.7 Å². The summed E-state index contributed by atoms with van der Waals surface area (Å²) in [7, 11) is 3.89. The molecule has 1 aliphatic carbocycles. The average molecular weight is 298 g/mol. The lowest BCUT2D eigenvalue weighted by atomic mass is 9.83. The third-order valence-electron chi connectivity index (χ3n) is 4.69. The topological polar surface area (TPSA) is 102 Å². The molecule has 0 aromatic heterocycles. The SMILES string of the molecule is CN(C)CC1CC(O)CN1C(=O)C1(C(N)=NO)CCCC1. The molecule has 120 valence electrons. The number of carbonyl (C=O) groups is 1. The van der Waals surface area contributed by atoms with Gasteiger partial charge >= 0.3 is 0 Å². The van der Waals surface area contributed by atoms with E-state index in [4.69, 9.17) is 10.9 Å². The highest BCUT2D eigenvalue weighted by Gasteiger charge is 2.50. The van der Waals surface area contributed by atoms with Crippen molar-refractivity contribution in [2.45, 2.75) is 44.2 Å². The van der Waals surface area contributed by atoms with E-state index >= 15 is 0 Å². The number of aliphatic hydroxyl groups excluding tert-OH is 1. The van der Waals surface area contributed by atoms with Crippen LogP contribution in [0.25, 0.3) is 0 Å². The van der Waals surface area contributed by atoms with Gasteiger partial charge in [0.05, 0.1) is 6.10 Å². The summed E-state index contributed by atoms with van der Waals surface area (Å²) in [6.45, 7) is 1.03. The van der Waals surface area contributed by atoms with Gasteiger partial charge in [0, 0.05) is 19.1 Å². The standard InChI is InChI=1S/C14H26N4O3/c1-17(2)8-10-7-11(19)9-18(10)13(20)14(12(15)16-21)5-3-4-6-14/h10-11,19,21H,3-9H2,1-2H3,(H2,15,16). The van der Waals surface area contributed by atoms with Gasteiger partial charge in [-0.1, -0.05) is 18.0 Å². The van der Waals surface area contributed by atoms with E-state index in [1.54, 1.807) is 4.90 Å². The van der Waals surface area contributed by atoms with Gasteiger partial charge in [-0.2, -0.15) is 0 Å². The molecular weight excluding hydrogens is 272 g/mol. The van der Waals surface area contributed by atoms with Gasteiger partial charge < -0.3 is 25.8 Å². The molecule has 4 N–H and O–H groups in total. The summed E-state index contributed by atoms with van der Waals surface area (Å²) in [6.07, 6.45) is 3.11. The number of nitrogens with two attached hydrogens (primary N) is 1. The number of amides is 1. The predicted molar refractivity (Wildman–Crippen MR) is 79.0 cm³/mol. The van der Waals surface area contributed by atoms with Crippen LogP contribution in [0.15, 0.2) is 5.16 Å². The third kappa shape index (κ3) is 2.98. The van der Waals surface area contributed by atoms with Gasteiger partial charge in [0.15, 0.2) is 5.84 Å². The number of carbonyl (C=O) groups excluding carboxylic acids is 1. The van der Waals surface area contributed by atoms with Crippen LogP contribution in [0.4, 0.5) is 0 Å².